The van der Waals surface area contributed by atoms with Crippen LogP contribution in [0, 0.1) is 6.92 Å². The second-order valence-corrected chi connectivity index (χ2v) is 7.15. The van der Waals surface area contributed by atoms with Crippen LogP contribution in [0.1, 0.15) is 33.3 Å². The van der Waals surface area contributed by atoms with Crippen LogP contribution in [0.15, 0.2) is 24.3 Å². The van der Waals surface area contributed by atoms with Crippen LogP contribution in [-0.4, -0.2) is 61.1 Å². The first-order valence-corrected chi connectivity index (χ1v) is 9.70. The van der Waals surface area contributed by atoms with E-state index in [4.69, 9.17) is 23.7 Å². The van der Waals surface area contributed by atoms with Gasteiger partial charge in [0, 0.05) is 27.7 Å². The number of hydrogen-bond donors (Lipinski definition) is 1. The van der Waals surface area contributed by atoms with Gasteiger partial charge in [0.1, 0.15) is 24.5 Å². The lowest BCUT2D eigenvalue weighted by atomic mass is 9.96. The number of esters is 3. The minimum atomic E-state index is -1.16. The van der Waals surface area contributed by atoms with E-state index in [1.54, 1.807) is 18.2 Å². The van der Waals surface area contributed by atoms with E-state index < -0.39 is 54.5 Å². The summed E-state index contributed by atoms with van der Waals surface area (Å²) in [5.74, 6) is -1.91. The molecular weight excluding hydrogens is 410 g/mol. The van der Waals surface area contributed by atoms with E-state index in [2.05, 4.69) is 5.32 Å². The molecule has 2 rings (SSSR count). The van der Waals surface area contributed by atoms with Crippen LogP contribution in [0.25, 0.3) is 0 Å². The quantitative estimate of drug-likeness (QED) is 0.491. The molecule has 0 aliphatic carbocycles. The molecule has 1 aliphatic heterocycles. The summed E-state index contributed by atoms with van der Waals surface area (Å²) in [6.45, 7) is 6.45. The Morgan fingerprint density at radius 3 is 2.16 bits per heavy atom. The lowest BCUT2D eigenvalue weighted by Crippen LogP contribution is -2.67. The summed E-state index contributed by atoms with van der Waals surface area (Å²) < 4.78 is 27.7. The smallest absolute Gasteiger partial charge is 0.303 e. The predicted molar refractivity (Wildman–Crippen MR) is 106 cm³/mol. The zero-order valence-electron chi connectivity index (χ0n) is 18.1. The molecule has 1 aliphatic rings. The summed E-state index contributed by atoms with van der Waals surface area (Å²) >= 11 is 0. The topological polar surface area (TPSA) is 126 Å². The summed E-state index contributed by atoms with van der Waals surface area (Å²) in [7, 11) is 0. The number of ether oxygens (including phenoxy) is 5. The van der Waals surface area contributed by atoms with E-state index in [0.717, 1.165) is 5.56 Å². The van der Waals surface area contributed by atoms with Gasteiger partial charge in [-0.2, -0.15) is 0 Å². The van der Waals surface area contributed by atoms with Gasteiger partial charge in [0.25, 0.3) is 0 Å². The number of carbonyl (C=O) groups excluding carboxylic acids is 4. The molecule has 1 aromatic rings. The molecule has 1 fully saturated rings. The monoisotopic (exact) mass is 437 g/mol. The summed E-state index contributed by atoms with van der Waals surface area (Å²) in [6.07, 6.45) is -4.47. The molecule has 1 amide bonds. The Morgan fingerprint density at radius 1 is 0.968 bits per heavy atom. The molecule has 0 aromatic heterocycles. The third kappa shape index (κ3) is 7.25. The number of carbonyl (C=O) groups is 4. The fraction of sp³-hybridized carbons (Fsp3) is 0.524. The van der Waals surface area contributed by atoms with Crippen molar-refractivity contribution in [1.82, 2.24) is 5.32 Å². The summed E-state index contributed by atoms with van der Waals surface area (Å²) in [5, 5.41) is 2.65. The zero-order valence-corrected chi connectivity index (χ0v) is 18.1. The van der Waals surface area contributed by atoms with Crippen LogP contribution < -0.4 is 10.1 Å². The minimum Gasteiger partial charge on any atom is -0.463 e. The minimum absolute atomic E-state index is 0.286. The molecule has 1 aromatic carbocycles. The van der Waals surface area contributed by atoms with Crippen LogP contribution >= 0.6 is 0 Å². The van der Waals surface area contributed by atoms with Crippen molar-refractivity contribution in [2.75, 3.05) is 6.61 Å². The normalized spacial score (nSPS) is 25.1. The van der Waals surface area contributed by atoms with Gasteiger partial charge in [0.15, 0.2) is 12.2 Å². The molecule has 5 atom stereocenters. The van der Waals surface area contributed by atoms with Gasteiger partial charge < -0.3 is 29.0 Å². The number of amides is 1. The Hall–Kier alpha value is -3.14. The number of aryl methyl sites for hydroxylation is 1. The number of rotatable bonds is 7. The fourth-order valence-electron chi connectivity index (χ4n) is 3.21. The van der Waals surface area contributed by atoms with Crippen molar-refractivity contribution in [1.29, 1.82) is 0 Å². The maximum absolute atomic E-state index is 11.9. The second kappa shape index (κ2) is 10.8. The molecule has 10 nitrogen and oxygen atoms in total. The van der Waals surface area contributed by atoms with Crippen molar-refractivity contribution in [3.63, 3.8) is 0 Å². The van der Waals surface area contributed by atoms with E-state index >= 15 is 0 Å². The third-order valence-corrected chi connectivity index (χ3v) is 4.31. The van der Waals surface area contributed by atoms with Crippen LogP contribution in [0.2, 0.25) is 0 Å². The van der Waals surface area contributed by atoms with E-state index in [1.165, 1.54) is 27.7 Å². The first-order valence-electron chi connectivity index (χ1n) is 9.70. The van der Waals surface area contributed by atoms with Gasteiger partial charge in [-0.15, -0.1) is 0 Å². The Morgan fingerprint density at radius 2 is 1.61 bits per heavy atom. The van der Waals surface area contributed by atoms with Crippen molar-refractivity contribution < 1.29 is 42.9 Å². The molecule has 170 valence electrons. The average Bonchev–Trinajstić information content (AvgIpc) is 2.64. The summed E-state index contributed by atoms with van der Waals surface area (Å²) in [6, 6.07) is 6.10. The van der Waals surface area contributed by atoms with E-state index in [0.29, 0.717) is 5.75 Å². The molecule has 0 saturated carbocycles. The Labute approximate surface area is 180 Å². The van der Waals surface area contributed by atoms with Gasteiger partial charge in [0.05, 0.1) is 0 Å². The van der Waals surface area contributed by atoms with Crippen molar-refractivity contribution in [3.8, 4) is 5.75 Å². The Kier molecular flexibility index (Phi) is 8.38. The van der Waals surface area contributed by atoms with Gasteiger partial charge >= 0.3 is 17.9 Å². The second-order valence-electron chi connectivity index (χ2n) is 7.15. The highest BCUT2D eigenvalue weighted by atomic mass is 16.7. The molecule has 10 heteroatoms. The molecule has 1 heterocycles. The van der Waals surface area contributed by atoms with Gasteiger partial charge in [-0.3, -0.25) is 19.2 Å². The average molecular weight is 437 g/mol. The van der Waals surface area contributed by atoms with E-state index in [-0.39, 0.29) is 6.61 Å². The number of nitrogens with one attached hydrogen (secondary N) is 1. The summed E-state index contributed by atoms with van der Waals surface area (Å²) in [5.41, 5.74) is 0.926. The zero-order chi connectivity index (χ0) is 23.1. The highest BCUT2D eigenvalue weighted by Crippen LogP contribution is 2.29. The van der Waals surface area contributed by atoms with Crippen LogP contribution in [-0.2, 0) is 38.1 Å². The molecule has 0 bridgehead atoms. The highest BCUT2D eigenvalue weighted by Gasteiger charge is 2.51. The first-order chi connectivity index (χ1) is 14.6. The Balaban J connectivity index is 2.44. The molecule has 1 saturated heterocycles. The van der Waals surface area contributed by atoms with Crippen molar-refractivity contribution >= 4 is 23.8 Å². The highest BCUT2D eigenvalue weighted by molar-refractivity contribution is 5.73. The largest absolute Gasteiger partial charge is 0.463 e. The maximum atomic E-state index is 11.9. The molecule has 1 N–H and O–H groups in total. The van der Waals surface area contributed by atoms with Crippen molar-refractivity contribution in [2.24, 2.45) is 0 Å². The van der Waals surface area contributed by atoms with Crippen LogP contribution in [0.3, 0.4) is 0 Å². The molecular formula is C21H27NO9. The predicted octanol–water partition coefficient (Wildman–Crippen LogP) is 1.03. The lowest BCUT2D eigenvalue weighted by molar-refractivity contribution is -0.257. The number of hydrogen-bond acceptors (Lipinski definition) is 9. The van der Waals surface area contributed by atoms with Crippen molar-refractivity contribution in [2.45, 2.75) is 65.3 Å². The molecule has 31 heavy (non-hydrogen) atoms. The number of benzene rings is 1. The van der Waals surface area contributed by atoms with Gasteiger partial charge in [0.2, 0.25) is 12.2 Å². The Bertz CT molecular complexity index is 825. The maximum Gasteiger partial charge on any atom is 0.303 e. The molecule has 0 spiro atoms. The van der Waals surface area contributed by atoms with Gasteiger partial charge in [-0.05, 0) is 24.6 Å². The van der Waals surface area contributed by atoms with Gasteiger partial charge in [-0.1, -0.05) is 12.1 Å². The van der Waals surface area contributed by atoms with E-state index in [1.807, 2.05) is 13.0 Å². The molecule has 0 unspecified atom stereocenters. The lowest BCUT2D eigenvalue weighted by Gasteiger charge is -2.44. The van der Waals surface area contributed by atoms with Crippen LogP contribution in [0.5, 0.6) is 5.75 Å². The third-order valence-electron chi connectivity index (χ3n) is 4.31. The SMILES string of the molecule is CC(=O)N[C@H]1[C@@H](Oc2cccc(C)c2)O[C@H](COC(C)=O)[C@@H](OC(C)=O)[C@@H]1OC(C)=O. The van der Waals surface area contributed by atoms with Crippen molar-refractivity contribution in [3.05, 3.63) is 29.8 Å². The summed E-state index contributed by atoms with van der Waals surface area (Å²) in [4.78, 5) is 46.8. The fourth-order valence-corrected chi connectivity index (χ4v) is 3.21. The molecule has 0 radical (unpaired) electrons. The van der Waals surface area contributed by atoms with Crippen LogP contribution in [0.4, 0.5) is 0 Å². The van der Waals surface area contributed by atoms with E-state index in [9.17, 15) is 19.2 Å². The van der Waals surface area contributed by atoms with Gasteiger partial charge in [-0.25, -0.2) is 0 Å². The first kappa shape index (κ1) is 24.1. The standard InChI is InChI=1S/C21H27NO9/c1-11-7-6-8-16(9-11)30-21-18(22-12(2)23)20(29-15(5)26)19(28-14(4)25)17(31-21)10-27-13(3)24/h6-9,17-21H,10H2,1-5H3,(H,22,23)/t17-,18-,19-,20-,21+/m1/s1.